The van der Waals surface area contributed by atoms with Gasteiger partial charge in [-0.1, -0.05) is 6.92 Å². The summed E-state index contributed by atoms with van der Waals surface area (Å²) >= 11 is 1.44. The van der Waals surface area contributed by atoms with E-state index < -0.39 is 0 Å². The van der Waals surface area contributed by atoms with Gasteiger partial charge in [-0.3, -0.25) is 10.1 Å². The van der Waals surface area contributed by atoms with Gasteiger partial charge in [0.15, 0.2) is 6.19 Å². The molecule has 1 aromatic heterocycles. The van der Waals surface area contributed by atoms with Crippen LogP contribution < -0.4 is 5.32 Å². The molecule has 1 amide bonds. The lowest BCUT2D eigenvalue weighted by molar-refractivity contribution is 0.0977. The number of nitriles is 1. The first-order valence-corrected chi connectivity index (χ1v) is 4.79. The average molecular weight is 194 g/mol. The van der Waals surface area contributed by atoms with Gasteiger partial charge in [-0.15, -0.1) is 11.3 Å². The lowest BCUT2D eigenvalue weighted by Gasteiger charge is -1.89. The van der Waals surface area contributed by atoms with Crippen molar-refractivity contribution in [2.45, 2.75) is 20.3 Å². The Morgan fingerprint density at radius 1 is 1.77 bits per heavy atom. The zero-order valence-corrected chi connectivity index (χ0v) is 8.36. The van der Waals surface area contributed by atoms with E-state index in [1.807, 2.05) is 19.9 Å². The first-order valence-electron chi connectivity index (χ1n) is 3.97. The highest BCUT2D eigenvalue weighted by Crippen LogP contribution is 2.21. The van der Waals surface area contributed by atoms with E-state index in [0.29, 0.717) is 4.88 Å². The molecule has 0 unspecified atom stereocenters. The third-order valence-corrected chi connectivity index (χ3v) is 3.12. The van der Waals surface area contributed by atoms with Crippen molar-refractivity contribution in [1.29, 1.82) is 5.26 Å². The molecule has 4 heteroatoms. The van der Waals surface area contributed by atoms with E-state index in [2.05, 4.69) is 5.32 Å². The van der Waals surface area contributed by atoms with Crippen molar-refractivity contribution < 1.29 is 4.79 Å². The molecule has 0 bridgehead atoms. The zero-order valence-electron chi connectivity index (χ0n) is 7.55. The van der Waals surface area contributed by atoms with Crippen LogP contribution in [0.25, 0.3) is 0 Å². The maximum atomic E-state index is 11.2. The summed E-state index contributed by atoms with van der Waals surface area (Å²) < 4.78 is 0. The molecule has 0 aliphatic rings. The maximum Gasteiger partial charge on any atom is 0.274 e. The van der Waals surface area contributed by atoms with Gasteiger partial charge in [0.1, 0.15) is 0 Å². The standard InChI is InChI=1S/C9H10N2OS/c1-3-7-6(2)4-8(13-7)9(12)11-5-10/h4H,3H2,1-2H3,(H,11,12). The second kappa shape index (κ2) is 4.06. The quantitative estimate of drug-likeness (QED) is 0.576. The van der Waals surface area contributed by atoms with E-state index in [0.717, 1.165) is 12.0 Å². The third-order valence-electron chi connectivity index (χ3n) is 1.73. The zero-order chi connectivity index (χ0) is 9.84. The van der Waals surface area contributed by atoms with Crippen LogP contribution in [0.3, 0.4) is 0 Å². The normalized spacial score (nSPS) is 9.31. The molecule has 1 aromatic rings. The molecule has 1 rings (SSSR count). The van der Waals surface area contributed by atoms with E-state index >= 15 is 0 Å². The highest BCUT2D eigenvalue weighted by molar-refractivity contribution is 7.14. The molecule has 68 valence electrons. The van der Waals surface area contributed by atoms with E-state index in [-0.39, 0.29) is 5.91 Å². The van der Waals surface area contributed by atoms with E-state index in [1.165, 1.54) is 16.2 Å². The summed E-state index contributed by atoms with van der Waals surface area (Å²) in [6.07, 6.45) is 2.55. The average Bonchev–Trinajstić information content (AvgIpc) is 2.47. The summed E-state index contributed by atoms with van der Waals surface area (Å²) in [5.41, 5.74) is 1.12. The molecule has 0 spiro atoms. The van der Waals surface area contributed by atoms with Gasteiger partial charge in [0.2, 0.25) is 0 Å². The van der Waals surface area contributed by atoms with Crippen molar-refractivity contribution in [3.05, 3.63) is 21.4 Å². The summed E-state index contributed by atoms with van der Waals surface area (Å²) in [5, 5.41) is 10.4. The van der Waals surface area contributed by atoms with Gasteiger partial charge < -0.3 is 0 Å². The minimum atomic E-state index is -0.310. The monoisotopic (exact) mass is 194 g/mol. The number of rotatable bonds is 2. The molecule has 0 aliphatic carbocycles. The number of nitrogens with one attached hydrogen (secondary N) is 1. The van der Waals surface area contributed by atoms with Gasteiger partial charge in [0.05, 0.1) is 4.88 Å². The minimum absolute atomic E-state index is 0.310. The first kappa shape index (κ1) is 9.75. The summed E-state index contributed by atoms with van der Waals surface area (Å²) in [7, 11) is 0. The number of hydrogen-bond donors (Lipinski definition) is 1. The molecular weight excluding hydrogens is 184 g/mol. The van der Waals surface area contributed by atoms with Gasteiger partial charge >= 0.3 is 0 Å². The van der Waals surface area contributed by atoms with E-state index in [9.17, 15) is 4.79 Å². The Hall–Kier alpha value is -1.34. The molecule has 0 atom stereocenters. The SMILES string of the molecule is CCc1sc(C(=O)NC#N)cc1C. The van der Waals surface area contributed by atoms with E-state index in [1.54, 1.807) is 6.19 Å². The lowest BCUT2D eigenvalue weighted by atomic mass is 10.2. The third kappa shape index (κ3) is 2.07. The second-order valence-corrected chi connectivity index (χ2v) is 3.77. The molecule has 0 saturated heterocycles. The highest BCUT2D eigenvalue weighted by Gasteiger charge is 2.10. The predicted molar refractivity (Wildman–Crippen MR) is 51.5 cm³/mol. The van der Waals surface area contributed by atoms with Crippen molar-refractivity contribution in [2.75, 3.05) is 0 Å². The van der Waals surface area contributed by atoms with Crippen molar-refractivity contribution in [3.8, 4) is 6.19 Å². The molecule has 3 nitrogen and oxygen atoms in total. The summed E-state index contributed by atoms with van der Waals surface area (Å²) in [5.74, 6) is -0.310. The molecule has 0 aromatic carbocycles. The fourth-order valence-corrected chi connectivity index (χ4v) is 2.10. The number of hydrogen-bond acceptors (Lipinski definition) is 3. The second-order valence-electron chi connectivity index (χ2n) is 2.64. The van der Waals surface area contributed by atoms with Crippen LogP contribution in [0, 0.1) is 18.4 Å². The number of amides is 1. The largest absolute Gasteiger partial charge is 0.274 e. The predicted octanol–water partition coefficient (Wildman–Crippen LogP) is 1.83. The van der Waals surface area contributed by atoms with Crippen LogP contribution in [0.2, 0.25) is 0 Å². The molecule has 0 fully saturated rings. The van der Waals surface area contributed by atoms with Gasteiger partial charge in [-0.05, 0) is 25.0 Å². The lowest BCUT2D eigenvalue weighted by Crippen LogP contribution is -2.15. The van der Waals surface area contributed by atoms with Crippen LogP contribution in [0.5, 0.6) is 0 Å². The summed E-state index contributed by atoms with van der Waals surface area (Å²) in [6.45, 7) is 4.02. The Bertz CT molecular complexity index is 362. The van der Waals surface area contributed by atoms with E-state index in [4.69, 9.17) is 5.26 Å². The summed E-state index contributed by atoms with van der Waals surface area (Å²) in [6, 6.07) is 1.82. The molecule has 13 heavy (non-hydrogen) atoms. The maximum absolute atomic E-state index is 11.2. The van der Waals surface area contributed by atoms with Gasteiger partial charge in [0.25, 0.3) is 5.91 Å². The topological polar surface area (TPSA) is 52.9 Å². The number of carbonyl (C=O) groups excluding carboxylic acids is 1. The Morgan fingerprint density at radius 2 is 2.46 bits per heavy atom. The van der Waals surface area contributed by atoms with Crippen LogP contribution in [0.4, 0.5) is 0 Å². The molecule has 1 heterocycles. The number of nitrogens with zero attached hydrogens (tertiary/aromatic N) is 1. The highest BCUT2D eigenvalue weighted by atomic mass is 32.1. The smallest absolute Gasteiger partial charge is 0.267 e. The van der Waals surface area contributed by atoms with Crippen LogP contribution in [0.15, 0.2) is 6.07 Å². The minimum Gasteiger partial charge on any atom is -0.267 e. The van der Waals surface area contributed by atoms with Crippen molar-refractivity contribution >= 4 is 17.2 Å². The molecule has 1 N–H and O–H groups in total. The van der Waals surface area contributed by atoms with Gasteiger partial charge in [0, 0.05) is 4.88 Å². The van der Waals surface area contributed by atoms with Crippen LogP contribution in [-0.4, -0.2) is 5.91 Å². The van der Waals surface area contributed by atoms with Crippen molar-refractivity contribution in [3.63, 3.8) is 0 Å². The fourth-order valence-electron chi connectivity index (χ4n) is 1.10. The van der Waals surface area contributed by atoms with Gasteiger partial charge in [-0.25, -0.2) is 0 Å². The molecule has 0 saturated carbocycles. The Labute approximate surface area is 81.0 Å². The molecule has 0 aliphatic heterocycles. The fraction of sp³-hybridized carbons (Fsp3) is 0.333. The Balaban J connectivity index is 2.91. The van der Waals surface area contributed by atoms with Crippen LogP contribution in [-0.2, 0) is 6.42 Å². The van der Waals surface area contributed by atoms with Crippen LogP contribution in [0.1, 0.15) is 27.0 Å². The Kier molecular flexibility index (Phi) is 3.04. The van der Waals surface area contributed by atoms with Crippen LogP contribution >= 0.6 is 11.3 Å². The first-order chi connectivity index (χ1) is 6.19. The Morgan fingerprint density at radius 3 is 2.92 bits per heavy atom. The summed E-state index contributed by atoms with van der Waals surface area (Å²) in [4.78, 5) is 13.0. The number of aryl methyl sites for hydroxylation is 2. The molecule has 0 radical (unpaired) electrons. The van der Waals surface area contributed by atoms with Gasteiger partial charge in [-0.2, -0.15) is 5.26 Å². The number of thiophene rings is 1. The molecular formula is C9H10N2OS. The van der Waals surface area contributed by atoms with Crippen molar-refractivity contribution in [2.24, 2.45) is 0 Å². The van der Waals surface area contributed by atoms with Crippen molar-refractivity contribution in [1.82, 2.24) is 5.32 Å². The number of carbonyl (C=O) groups is 1.